The van der Waals surface area contributed by atoms with E-state index >= 15 is 0 Å². The SMILES string of the molecule is Cc1cccc(NCC(=O)NN=Cc2cccc(OC(=O)c3ccccc3Br)c2)c1. The van der Waals surface area contributed by atoms with E-state index in [0.29, 0.717) is 21.3 Å². The highest BCUT2D eigenvalue weighted by Gasteiger charge is 2.11. The molecule has 0 aliphatic carbocycles. The molecule has 0 saturated carbocycles. The maximum atomic E-state index is 12.3. The molecule has 0 heterocycles. The van der Waals surface area contributed by atoms with Crippen molar-refractivity contribution in [2.75, 3.05) is 11.9 Å². The lowest BCUT2D eigenvalue weighted by atomic mass is 10.2. The maximum Gasteiger partial charge on any atom is 0.344 e. The van der Waals surface area contributed by atoms with Crippen LogP contribution in [-0.4, -0.2) is 24.6 Å². The van der Waals surface area contributed by atoms with Crippen molar-refractivity contribution in [3.05, 3.63) is 94.0 Å². The Bertz CT molecular complexity index is 1080. The molecular formula is C23H20BrN3O3. The Balaban J connectivity index is 1.53. The molecule has 3 aromatic rings. The van der Waals surface area contributed by atoms with Gasteiger partial charge >= 0.3 is 5.97 Å². The predicted molar refractivity (Wildman–Crippen MR) is 121 cm³/mol. The number of amides is 1. The smallest absolute Gasteiger partial charge is 0.344 e. The molecule has 6 nitrogen and oxygen atoms in total. The number of anilines is 1. The van der Waals surface area contributed by atoms with Crippen LogP contribution in [0.1, 0.15) is 21.5 Å². The van der Waals surface area contributed by atoms with Crippen molar-refractivity contribution in [2.45, 2.75) is 6.92 Å². The molecule has 0 aromatic heterocycles. The molecule has 30 heavy (non-hydrogen) atoms. The topological polar surface area (TPSA) is 79.8 Å². The van der Waals surface area contributed by atoms with Crippen molar-refractivity contribution in [1.82, 2.24) is 5.43 Å². The Labute approximate surface area is 183 Å². The van der Waals surface area contributed by atoms with Gasteiger partial charge < -0.3 is 10.1 Å². The molecule has 0 aliphatic heterocycles. The standard InChI is InChI=1S/C23H20BrN3O3/c1-16-6-4-8-18(12-16)25-15-22(28)27-26-14-17-7-5-9-19(13-17)30-23(29)20-10-2-3-11-21(20)24/h2-14,25H,15H2,1H3,(H,27,28). The van der Waals surface area contributed by atoms with E-state index in [1.165, 1.54) is 6.21 Å². The Morgan fingerprint density at radius 3 is 2.63 bits per heavy atom. The van der Waals surface area contributed by atoms with E-state index in [1.807, 2.05) is 37.3 Å². The number of carbonyl (C=O) groups is 2. The second-order valence-electron chi connectivity index (χ2n) is 6.46. The van der Waals surface area contributed by atoms with Gasteiger partial charge in [-0.2, -0.15) is 5.10 Å². The van der Waals surface area contributed by atoms with Gasteiger partial charge in [-0.3, -0.25) is 4.79 Å². The van der Waals surface area contributed by atoms with Gasteiger partial charge in [0.15, 0.2) is 0 Å². The number of benzene rings is 3. The van der Waals surface area contributed by atoms with E-state index in [1.54, 1.807) is 42.5 Å². The molecule has 0 spiro atoms. The van der Waals surface area contributed by atoms with Crippen LogP contribution in [0.2, 0.25) is 0 Å². The zero-order chi connectivity index (χ0) is 21.3. The summed E-state index contributed by atoms with van der Waals surface area (Å²) in [6.07, 6.45) is 1.49. The summed E-state index contributed by atoms with van der Waals surface area (Å²) in [6, 6.07) is 21.7. The minimum Gasteiger partial charge on any atom is -0.423 e. The lowest BCUT2D eigenvalue weighted by Gasteiger charge is -2.07. The van der Waals surface area contributed by atoms with Gasteiger partial charge in [-0.05, 0) is 70.4 Å². The molecule has 1 amide bonds. The second kappa shape index (κ2) is 10.4. The number of halogens is 1. The zero-order valence-electron chi connectivity index (χ0n) is 16.3. The molecule has 3 rings (SSSR count). The fraction of sp³-hybridized carbons (Fsp3) is 0.0870. The van der Waals surface area contributed by atoms with Gasteiger partial charge in [0, 0.05) is 10.2 Å². The van der Waals surface area contributed by atoms with Crippen LogP contribution in [0.25, 0.3) is 0 Å². The lowest BCUT2D eigenvalue weighted by molar-refractivity contribution is -0.119. The summed E-state index contributed by atoms with van der Waals surface area (Å²) in [5.41, 5.74) is 5.56. The third-order valence-electron chi connectivity index (χ3n) is 4.04. The number of rotatable bonds is 7. The summed E-state index contributed by atoms with van der Waals surface area (Å²) < 4.78 is 6.08. The van der Waals surface area contributed by atoms with Gasteiger partial charge in [-0.15, -0.1) is 0 Å². The third kappa shape index (κ3) is 6.28. The molecule has 0 bridgehead atoms. The molecular weight excluding hydrogens is 446 g/mol. The van der Waals surface area contributed by atoms with Crippen molar-refractivity contribution in [2.24, 2.45) is 5.10 Å². The average molecular weight is 466 g/mol. The van der Waals surface area contributed by atoms with E-state index in [0.717, 1.165) is 11.3 Å². The largest absolute Gasteiger partial charge is 0.423 e. The third-order valence-corrected chi connectivity index (χ3v) is 4.73. The van der Waals surface area contributed by atoms with Crippen molar-refractivity contribution in [3.8, 4) is 5.75 Å². The maximum absolute atomic E-state index is 12.3. The summed E-state index contributed by atoms with van der Waals surface area (Å²) in [5.74, 6) is -0.358. The molecule has 3 aromatic carbocycles. The normalized spacial score (nSPS) is 10.6. The first-order valence-corrected chi connectivity index (χ1v) is 10.00. The molecule has 7 heteroatoms. The van der Waals surface area contributed by atoms with Gasteiger partial charge in [0.1, 0.15) is 5.75 Å². The molecule has 152 valence electrons. The minimum atomic E-state index is -0.466. The first-order chi connectivity index (χ1) is 14.5. The van der Waals surface area contributed by atoms with E-state index in [4.69, 9.17) is 4.74 Å². The van der Waals surface area contributed by atoms with Gasteiger partial charge in [-0.1, -0.05) is 36.4 Å². The fourth-order valence-electron chi connectivity index (χ4n) is 2.60. The van der Waals surface area contributed by atoms with Gasteiger partial charge in [0.25, 0.3) is 5.91 Å². The fourth-order valence-corrected chi connectivity index (χ4v) is 3.05. The van der Waals surface area contributed by atoms with Crippen LogP contribution in [0.5, 0.6) is 5.75 Å². The van der Waals surface area contributed by atoms with Crippen LogP contribution >= 0.6 is 15.9 Å². The molecule has 2 N–H and O–H groups in total. The second-order valence-corrected chi connectivity index (χ2v) is 7.31. The molecule has 0 aliphatic rings. The summed E-state index contributed by atoms with van der Waals surface area (Å²) in [7, 11) is 0. The Kier molecular flexibility index (Phi) is 7.34. The van der Waals surface area contributed by atoms with Crippen LogP contribution in [0.3, 0.4) is 0 Å². The highest BCUT2D eigenvalue weighted by Crippen LogP contribution is 2.19. The number of carbonyl (C=O) groups excluding carboxylic acids is 2. The predicted octanol–water partition coefficient (Wildman–Crippen LogP) is 4.54. The van der Waals surface area contributed by atoms with Gasteiger partial charge in [0.05, 0.1) is 18.3 Å². The average Bonchev–Trinajstić information content (AvgIpc) is 2.73. The van der Waals surface area contributed by atoms with Crippen molar-refractivity contribution >= 4 is 39.7 Å². The van der Waals surface area contributed by atoms with E-state index in [9.17, 15) is 9.59 Å². The summed E-state index contributed by atoms with van der Waals surface area (Å²) >= 11 is 3.34. The van der Waals surface area contributed by atoms with E-state index in [-0.39, 0.29) is 12.5 Å². The summed E-state index contributed by atoms with van der Waals surface area (Å²) in [5, 5.41) is 6.99. The number of aryl methyl sites for hydroxylation is 1. The quantitative estimate of drug-likeness (QED) is 0.232. The lowest BCUT2D eigenvalue weighted by Crippen LogP contribution is -2.25. The highest BCUT2D eigenvalue weighted by atomic mass is 79.9. The summed E-state index contributed by atoms with van der Waals surface area (Å²) in [4.78, 5) is 24.2. The number of nitrogens with one attached hydrogen (secondary N) is 2. The van der Waals surface area contributed by atoms with Crippen LogP contribution < -0.4 is 15.5 Å². The number of ether oxygens (including phenoxy) is 1. The van der Waals surface area contributed by atoms with Crippen molar-refractivity contribution in [3.63, 3.8) is 0 Å². The number of esters is 1. The van der Waals surface area contributed by atoms with Gasteiger partial charge in [0.2, 0.25) is 0 Å². The molecule has 0 fully saturated rings. The first-order valence-electron chi connectivity index (χ1n) is 9.20. The van der Waals surface area contributed by atoms with Crippen LogP contribution in [0.15, 0.2) is 82.4 Å². The number of hydrazone groups is 1. The minimum absolute atomic E-state index is 0.102. The van der Waals surface area contributed by atoms with Crippen molar-refractivity contribution in [1.29, 1.82) is 0 Å². The van der Waals surface area contributed by atoms with E-state index in [2.05, 4.69) is 31.8 Å². The molecule has 0 radical (unpaired) electrons. The molecule has 0 atom stereocenters. The van der Waals surface area contributed by atoms with E-state index < -0.39 is 5.97 Å². The number of hydrogen-bond donors (Lipinski definition) is 2. The first kappa shape index (κ1) is 21.3. The zero-order valence-corrected chi connectivity index (χ0v) is 17.8. The summed E-state index contributed by atoms with van der Waals surface area (Å²) in [6.45, 7) is 2.09. The highest BCUT2D eigenvalue weighted by molar-refractivity contribution is 9.10. The molecule has 0 unspecified atom stereocenters. The van der Waals surface area contributed by atoms with Crippen molar-refractivity contribution < 1.29 is 14.3 Å². The Morgan fingerprint density at radius 2 is 1.83 bits per heavy atom. The van der Waals surface area contributed by atoms with Crippen LogP contribution in [-0.2, 0) is 4.79 Å². The Hall–Kier alpha value is -3.45. The van der Waals surface area contributed by atoms with Crippen LogP contribution in [0, 0.1) is 6.92 Å². The Morgan fingerprint density at radius 1 is 1.03 bits per heavy atom. The number of nitrogens with zero attached hydrogens (tertiary/aromatic N) is 1. The van der Waals surface area contributed by atoms with Gasteiger partial charge in [-0.25, -0.2) is 10.2 Å². The molecule has 0 saturated heterocycles. The van der Waals surface area contributed by atoms with Crippen LogP contribution in [0.4, 0.5) is 5.69 Å². The monoisotopic (exact) mass is 465 g/mol. The number of hydrogen-bond acceptors (Lipinski definition) is 5.